The van der Waals surface area contributed by atoms with E-state index in [2.05, 4.69) is 0 Å². The van der Waals surface area contributed by atoms with Crippen LogP contribution in [0, 0.1) is 0 Å². The van der Waals surface area contributed by atoms with Crippen molar-refractivity contribution in [2.45, 2.75) is 64.2 Å². The first-order chi connectivity index (χ1) is 14.4. The second kappa shape index (κ2) is 11.9. The Hall–Kier alpha value is -3.02. The molecule has 0 fully saturated rings. The lowest BCUT2D eigenvalue weighted by Gasteiger charge is -2.10. The fourth-order valence-electron chi connectivity index (χ4n) is 3.83. The van der Waals surface area contributed by atoms with Crippen LogP contribution in [-0.2, 0) is 12.8 Å². The van der Waals surface area contributed by atoms with Gasteiger partial charge in [0.15, 0.2) is 0 Å². The highest BCUT2D eigenvalue weighted by molar-refractivity contribution is 5.91. The quantitative estimate of drug-likeness (QED) is 0.266. The fourth-order valence-corrected chi connectivity index (χ4v) is 3.83. The van der Waals surface area contributed by atoms with Gasteiger partial charge in [0.2, 0.25) is 0 Å². The predicted molar refractivity (Wildman–Crippen MR) is 120 cm³/mol. The summed E-state index contributed by atoms with van der Waals surface area (Å²) in [4.78, 5) is 22.6. The predicted octanol–water partition coefficient (Wildman–Crippen LogP) is 5.15. The van der Waals surface area contributed by atoms with Gasteiger partial charge in [-0.1, -0.05) is 50.7 Å². The number of unbranched alkanes of at least 4 members (excludes halogenated alkanes) is 7. The van der Waals surface area contributed by atoms with Crippen LogP contribution >= 0.6 is 0 Å². The maximum Gasteiger partial charge on any atom is 0.336 e. The molecule has 0 spiro atoms. The number of rotatable bonds is 13. The van der Waals surface area contributed by atoms with Gasteiger partial charge in [-0.2, -0.15) is 0 Å². The molecule has 0 radical (unpaired) electrons. The summed E-state index contributed by atoms with van der Waals surface area (Å²) >= 11 is 0. The van der Waals surface area contributed by atoms with Crippen molar-refractivity contribution in [3.63, 3.8) is 0 Å². The van der Waals surface area contributed by atoms with Crippen LogP contribution in [0.2, 0.25) is 0 Å². The number of nitrogen functional groups attached to an aromatic ring is 2. The summed E-state index contributed by atoms with van der Waals surface area (Å²) < 4.78 is 0. The first-order valence-corrected chi connectivity index (χ1v) is 10.6. The van der Waals surface area contributed by atoms with Gasteiger partial charge in [-0.25, -0.2) is 9.59 Å². The van der Waals surface area contributed by atoms with E-state index in [4.69, 9.17) is 11.5 Å². The van der Waals surface area contributed by atoms with Crippen LogP contribution in [0.3, 0.4) is 0 Å². The molecule has 2 rings (SSSR count). The maximum absolute atomic E-state index is 11.3. The van der Waals surface area contributed by atoms with Crippen LogP contribution in [0.25, 0.3) is 0 Å². The van der Waals surface area contributed by atoms with Crippen LogP contribution in [0.1, 0.15) is 83.2 Å². The highest BCUT2D eigenvalue weighted by Gasteiger charge is 2.13. The molecule has 0 saturated carbocycles. The summed E-state index contributed by atoms with van der Waals surface area (Å²) in [5.41, 5.74) is 15.1. The molecule has 162 valence electrons. The third kappa shape index (κ3) is 6.79. The smallest absolute Gasteiger partial charge is 0.336 e. The molecular formula is C24H32N2O4. The summed E-state index contributed by atoms with van der Waals surface area (Å²) in [6.45, 7) is 0. The molecule has 2 aromatic rings. The molecule has 0 amide bonds. The second-order valence-corrected chi connectivity index (χ2v) is 7.69. The Bertz CT molecular complexity index is 793. The minimum absolute atomic E-state index is 0.306. The van der Waals surface area contributed by atoms with Gasteiger partial charge in [-0.15, -0.1) is 0 Å². The highest BCUT2D eigenvalue weighted by Crippen LogP contribution is 2.22. The first kappa shape index (κ1) is 23.3. The lowest BCUT2D eigenvalue weighted by Crippen LogP contribution is -2.06. The van der Waals surface area contributed by atoms with E-state index >= 15 is 0 Å². The van der Waals surface area contributed by atoms with Gasteiger partial charge in [0, 0.05) is 11.4 Å². The molecule has 0 aliphatic carbocycles. The van der Waals surface area contributed by atoms with Gasteiger partial charge in [0.25, 0.3) is 0 Å². The van der Waals surface area contributed by atoms with E-state index in [0.29, 0.717) is 35.3 Å². The van der Waals surface area contributed by atoms with Crippen molar-refractivity contribution in [1.82, 2.24) is 0 Å². The van der Waals surface area contributed by atoms with Crippen molar-refractivity contribution in [1.29, 1.82) is 0 Å². The molecule has 0 saturated heterocycles. The van der Waals surface area contributed by atoms with Gasteiger partial charge in [-0.3, -0.25) is 0 Å². The number of hydrogen-bond donors (Lipinski definition) is 4. The van der Waals surface area contributed by atoms with Crippen molar-refractivity contribution < 1.29 is 19.8 Å². The van der Waals surface area contributed by atoms with Crippen LogP contribution < -0.4 is 11.5 Å². The van der Waals surface area contributed by atoms with Crippen LogP contribution in [-0.4, -0.2) is 22.2 Å². The molecule has 0 heterocycles. The van der Waals surface area contributed by atoms with Gasteiger partial charge < -0.3 is 21.7 Å². The van der Waals surface area contributed by atoms with E-state index in [1.54, 1.807) is 36.4 Å². The number of carboxylic acid groups (broad SMARTS) is 2. The lowest BCUT2D eigenvalue weighted by atomic mass is 9.97. The number of nitrogens with two attached hydrogens (primary N) is 2. The molecule has 2 aromatic carbocycles. The van der Waals surface area contributed by atoms with Crippen LogP contribution in [0.4, 0.5) is 11.4 Å². The Morgan fingerprint density at radius 2 is 0.933 bits per heavy atom. The molecule has 6 N–H and O–H groups in total. The van der Waals surface area contributed by atoms with Crippen LogP contribution in [0.15, 0.2) is 36.4 Å². The minimum atomic E-state index is -0.926. The molecule has 0 aliphatic rings. The Balaban J connectivity index is 1.60. The van der Waals surface area contributed by atoms with Gasteiger partial charge >= 0.3 is 11.9 Å². The molecule has 6 heteroatoms. The fraction of sp³-hybridized carbons (Fsp3) is 0.417. The zero-order valence-corrected chi connectivity index (χ0v) is 17.4. The monoisotopic (exact) mass is 412 g/mol. The molecule has 30 heavy (non-hydrogen) atoms. The normalized spacial score (nSPS) is 10.8. The Morgan fingerprint density at radius 3 is 1.27 bits per heavy atom. The van der Waals surface area contributed by atoms with Crippen molar-refractivity contribution in [2.75, 3.05) is 11.5 Å². The van der Waals surface area contributed by atoms with E-state index in [0.717, 1.165) is 62.5 Å². The minimum Gasteiger partial charge on any atom is -0.478 e. The Kier molecular flexibility index (Phi) is 9.19. The van der Waals surface area contributed by atoms with Crippen molar-refractivity contribution >= 4 is 23.3 Å². The molecular weight excluding hydrogens is 380 g/mol. The maximum atomic E-state index is 11.3. The first-order valence-electron chi connectivity index (χ1n) is 10.6. The number of benzene rings is 2. The third-order valence-electron chi connectivity index (χ3n) is 5.49. The molecule has 6 nitrogen and oxygen atoms in total. The summed E-state index contributed by atoms with van der Waals surface area (Å²) in [5, 5.41) is 18.5. The van der Waals surface area contributed by atoms with E-state index in [9.17, 15) is 19.8 Å². The topological polar surface area (TPSA) is 127 Å². The average Bonchev–Trinajstić information content (AvgIpc) is 2.70. The SMILES string of the molecule is Nc1cccc(C(=O)O)c1CCCCCCCCCCc1c(N)cccc1C(=O)O. The van der Waals surface area contributed by atoms with E-state index in [1.165, 1.54) is 0 Å². The number of anilines is 2. The summed E-state index contributed by atoms with van der Waals surface area (Å²) in [6.07, 6.45) is 9.87. The summed E-state index contributed by atoms with van der Waals surface area (Å²) in [5.74, 6) is -1.85. The Labute approximate surface area is 177 Å². The molecule has 0 atom stereocenters. The van der Waals surface area contributed by atoms with Crippen molar-refractivity contribution in [2.24, 2.45) is 0 Å². The molecule has 0 unspecified atom stereocenters. The number of hydrogen-bond acceptors (Lipinski definition) is 4. The lowest BCUT2D eigenvalue weighted by molar-refractivity contribution is 0.0685. The van der Waals surface area contributed by atoms with Crippen LogP contribution in [0.5, 0.6) is 0 Å². The number of carbonyl (C=O) groups is 2. The molecule has 0 aliphatic heterocycles. The molecule has 0 bridgehead atoms. The van der Waals surface area contributed by atoms with E-state index in [1.807, 2.05) is 0 Å². The Morgan fingerprint density at radius 1 is 0.600 bits per heavy atom. The molecule has 0 aromatic heterocycles. The highest BCUT2D eigenvalue weighted by atomic mass is 16.4. The third-order valence-corrected chi connectivity index (χ3v) is 5.49. The second-order valence-electron chi connectivity index (χ2n) is 7.69. The van der Waals surface area contributed by atoms with Gasteiger partial charge in [0.1, 0.15) is 0 Å². The number of aromatic carboxylic acids is 2. The van der Waals surface area contributed by atoms with Crippen molar-refractivity contribution in [3.05, 3.63) is 58.7 Å². The largest absolute Gasteiger partial charge is 0.478 e. The van der Waals surface area contributed by atoms with E-state index in [-0.39, 0.29) is 0 Å². The standard InChI is InChI=1S/C24H32N2O4/c25-21-15-9-13-19(23(27)28)17(21)11-7-5-3-1-2-4-6-8-12-18-20(24(29)30)14-10-16-22(18)26/h9-10,13-16H,1-8,11-12,25-26H2,(H,27,28)(H,29,30). The van der Waals surface area contributed by atoms with Gasteiger partial charge in [-0.05, 0) is 61.1 Å². The average molecular weight is 413 g/mol. The van der Waals surface area contributed by atoms with E-state index < -0.39 is 11.9 Å². The van der Waals surface area contributed by atoms with Crippen molar-refractivity contribution in [3.8, 4) is 0 Å². The summed E-state index contributed by atoms with van der Waals surface area (Å²) in [6, 6.07) is 10.1. The number of carboxylic acids is 2. The summed E-state index contributed by atoms with van der Waals surface area (Å²) in [7, 11) is 0. The zero-order valence-electron chi connectivity index (χ0n) is 17.4. The van der Waals surface area contributed by atoms with Gasteiger partial charge in [0.05, 0.1) is 11.1 Å². The zero-order chi connectivity index (χ0) is 21.9.